The third kappa shape index (κ3) is 4.16. The molecule has 2 aliphatic heterocycles. The number of piperazine rings is 1. The molecule has 2 aromatic carbocycles. The molecule has 0 aromatic heterocycles. The van der Waals surface area contributed by atoms with Crippen molar-refractivity contribution in [2.24, 2.45) is 0 Å². The molecule has 2 heterocycles. The Hall–Kier alpha value is -2.38. The first-order valence-electron chi connectivity index (χ1n) is 10.2. The largest absolute Gasteiger partial charge is 0.368 e. The molecule has 7 heteroatoms. The molecule has 0 aliphatic carbocycles. The highest BCUT2D eigenvalue weighted by Gasteiger charge is 2.39. The molecular weight excluding hydrogens is 386 g/mol. The van der Waals surface area contributed by atoms with Crippen molar-refractivity contribution in [2.45, 2.75) is 30.2 Å². The zero-order chi connectivity index (χ0) is 20.3. The number of benzene rings is 2. The maximum atomic E-state index is 13.3. The van der Waals surface area contributed by atoms with Crippen LogP contribution in [0.15, 0.2) is 65.6 Å². The van der Waals surface area contributed by atoms with E-state index in [1.54, 1.807) is 30.3 Å². The minimum absolute atomic E-state index is 0.0584. The second-order valence-corrected chi connectivity index (χ2v) is 9.48. The van der Waals surface area contributed by atoms with Crippen LogP contribution in [0, 0.1) is 0 Å². The first-order valence-corrected chi connectivity index (χ1v) is 11.7. The summed E-state index contributed by atoms with van der Waals surface area (Å²) in [5.74, 6) is -0.0584. The van der Waals surface area contributed by atoms with Crippen LogP contribution in [0.1, 0.15) is 19.3 Å². The van der Waals surface area contributed by atoms with Crippen LogP contribution in [0.5, 0.6) is 0 Å². The number of hydrogen-bond donors (Lipinski definition) is 0. The molecule has 0 bridgehead atoms. The molecule has 0 saturated carbocycles. The summed E-state index contributed by atoms with van der Waals surface area (Å²) in [5, 5.41) is 0. The van der Waals surface area contributed by atoms with E-state index in [1.165, 1.54) is 4.31 Å². The summed E-state index contributed by atoms with van der Waals surface area (Å²) in [6.45, 7) is 3.15. The highest BCUT2D eigenvalue weighted by molar-refractivity contribution is 7.89. The van der Waals surface area contributed by atoms with Gasteiger partial charge in [0.15, 0.2) is 0 Å². The van der Waals surface area contributed by atoms with Crippen LogP contribution < -0.4 is 4.90 Å². The normalized spacial score (nSPS) is 21.2. The minimum Gasteiger partial charge on any atom is -0.368 e. The molecule has 29 heavy (non-hydrogen) atoms. The van der Waals surface area contributed by atoms with Gasteiger partial charge in [0.25, 0.3) is 0 Å². The van der Waals surface area contributed by atoms with Gasteiger partial charge in [-0.3, -0.25) is 4.79 Å². The number of carbonyl (C=O) groups is 1. The molecular formula is C22H27N3O3S. The van der Waals surface area contributed by atoms with Crippen molar-refractivity contribution in [1.82, 2.24) is 9.21 Å². The molecule has 0 radical (unpaired) electrons. The van der Waals surface area contributed by atoms with Crippen LogP contribution in [0.2, 0.25) is 0 Å². The monoisotopic (exact) mass is 413 g/mol. The Morgan fingerprint density at radius 1 is 0.793 bits per heavy atom. The van der Waals surface area contributed by atoms with Crippen LogP contribution in [-0.4, -0.2) is 62.3 Å². The standard InChI is InChI=1S/C22H27N3O3S/c26-22(24-17-15-23(16-18-24)19-9-3-1-4-10-19)21-13-7-8-14-25(21)29(27,28)20-11-5-2-6-12-20/h1-6,9-12,21H,7-8,13-18H2/t21-/m0/s1. The zero-order valence-electron chi connectivity index (χ0n) is 16.5. The van der Waals surface area contributed by atoms with E-state index in [1.807, 2.05) is 23.1 Å². The molecule has 6 nitrogen and oxygen atoms in total. The predicted octanol–water partition coefficient (Wildman–Crippen LogP) is 2.58. The van der Waals surface area contributed by atoms with Crippen molar-refractivity contribution in [1.29, 1.82) is 0 Å². The van der Waals surface area contributed by atoms with Gasteiger partial charge >= 0.3 is 0 Å². The Labute approximate surface area is 172 Å². The molecule has 1 amide bonds. The van der Waals surface area contributed by atoms with Crippen molar-refractivity contribution >= 4 is 21.6 Å². The van der Waals surface area contributed by atoms with Crippen molar-refractivity contribution in [2.75, 3.05) is 37.6 Å². The average molecular weight is 414 g/mol. The molecule has 0 spiro atoms. The van der Waals surface area contributed by atoms with E-state index in [-0.39, 0.29) is 10.8 Å². The van der Waals surface area contributed by atoms with E-state index in [0.717, 1.165) is 31.6 Å². The molecule has 2 fully saturated rings. The Morgan fingerprint density at radius 3 is 2.07 bits per heavy atom. The SMILES string of the molecule is O=C([C@@H]1CCCCN1S(=O)(=O)c1ccccc1)N1CCN(c2ccccc2)CC1. The van der Waals surface area contributed by atoms with E-state index in [9.17, 15) is 13.2 Å². The highest BCUT2D eigenvalue weighted by Crippen LogP contribution is 2.27. The van der Waals surface area contributed by atoms with E-state index in [0.29, 0.717) is 26.1 Å². The Bertz CT molecular complexity index is 926. The number of amides is 1. The molecule has 2 aromatic rings. The predicted molar refractivity (Wildman–Crippen MR) is 113 cm³/mol. The highest BCUT2D eigenvalue weighted by atomic mass is 32.2. The molecule has 4 rings (SSSR count). The van der Waals surface area contributed by atoms with E-state index >= 15 is 0 Å². The first kappa shape index (κ1) is 19.9. The Kier molecular flexibility index (Phi) is 5.87. The lowest BCUT2D eigenvalue weighted by Crippen LogP contribution is -2.57. The van der Waals surface area contributed by atoms with Crippen LogP contribution in [0.4, 0.5) is 5.69 Å². The number of piperidine rings is 1. The van der Waals surface area contributed by atoms with Crippen molar-refractivity contribution in [3.63, 3.8) is 0 Å². The number of sulfonamides is 1. The number of hydrogen-bond acceptors (Lipinski definition) is 4. The summed E-state index contributed by atoms with van der Waals surface area (Å²) in [6, 6.07) is 18.0. The fraction of sp³-hybridized carbons (Fsp3) is 0.409. The Balaban J connectivity index is 1.47. The first-order chi connectivity index (χ1) is 14.1. The Morgan fingerprint density at radius 2 is 1.41 bits per heavy atom. The van der Waals surface area contributed by atoms with E-state index in [2.05, 4.69) is 17.0 Å². The molecule has 0 unspecified atom stereocenters. The summed E-state index contributed by atoms with van der Waals surface area (Å²) >= 11 is 0. The van der Waals surface area contributed by atoms with E-state index in [4.69, 9.17) is 0 Å². The molecule has 0 N–H and O–H groups in total. The summed E-state index contributed by atoms with van der Waals surface area (Å²) in [4.78, 5) is 17.6. The van der Waals surface area contributed by atoms with Gasteiger partial charge in [0.05, 0.1) is 4.90 Å². The van der Waals surface area contributed by atoms with Gasteiger partial charge in [-0.25, -0.2) is 8.42 Å². The van der Waals surface area contributed by atoms with Crippen LogP contribution in [0.25, 0.3) is 0 Å². The average Bonchev–Trinajstić information content (AvgIpc) is 2.80. The van der Waals surface area contributed by atoms with Gasteiger partial charge in [0, 0.05) is 38.4 Å². The van der Waals surface area contributed by atoms with Gasteiger partial charge in [-0.05, 0) is 37.1 Å². The number of nitrogens with zero attached hydrogens (tertiary/aromatic N) is 3. The van der Waals surface area contributed by atoms with Crippen molar-refractivity contribution in [3.8, 4) is 0 Å². The molecule has 1 atom stereocenters. The van der Waals surface area contributed by atoms with Gasteiger partial charge in [0.1, 0.15) is 6.04 Å². The summed E-state index contributed by atoms with van der Waals surface area (Å²) in [7, 11) is -3.67. The summed E-state index contributed by atoms with van der Waals surface area (Å²) < 4.78 is 27.8. The van der Waals surface area contributed by atoms with Gasteiger partial charge in [-0.1, -0.05) is 42.8 Å². The fourth-order valence-corrected chi connectivity index (χ4v) is 5.87. The molecule has 2 aliphatic rings. The second kappa shape index (κ2) is 8.55. The lowest BCUT2D eigenvalue weighted by molar-refractivity contribution is -0.136. The van der Waals surface area contributed by atoms with Crippen LogP contribution in [-0.2, 0) is 14.8 Å². The summed E-state index contributed by atoms with van der Waals surface area (Å²) in [6.07, 6.45) is 2.25. The summed E-state index contributed by atoms with van der Waals surface area (Å²) in [5.41, 5.74) is 1.16. The second-order valence-electron chi connectivity index (χ2n) is 7.59. The maximum absolute atomic E-state index is 13.3. The van der Waals surface area contributed by atoms with Crippen LogP contribution in [0.3, 0.4) is 0 Å². The topological polar surface area (TPSA) is 60.9 Å². The van der Waals surface area contributed by atoms with Crippen molar-refractivity contribution in [3.05, 3.63) is 60.7 Å². The van der Waals surface area contributed by atoms with E-state index < -0.39 is 16.1 Å². The zero-order valence-corrected chi connectivity index (χ0v) is 17.3. The smallest absolute Gasteiger partial charge is 0.243 e. The lowest BCUT2D eigenvalue weighted by atomic mass is 10.0. The lowest BCUT2D eigenvalue weighted by Gasteiger charge is -2.40. The van der Waals surface area contributed by atoms with Crippen LogP contribution >= 0.6 is 0 Å². The minimum atomic E-state index is -3.67. The van der Waals surface area contributed by atoms with Gasteiger partial charge in [0.2, 0.25) is 15.9 Å². The number of para-hydroxylation sites is 1. The van der Waals surface area contributed by atoms with Gasteiger partial charge in [-0.2, -0.15) is 4.31 Å². The van der Waals surface area contributed by atoms with Crippen molar-refractivity contribution < 1.29 is 13.2 Å². The van der Waals surface area contributed by atoms with Gasteiger partial charge < -0.3 is 9.80 Å². The molecule has 2 saturated heterocycles. The molecule has 154 valence electrons. The van der Waals surface area contributed by atoms with Gasteiger partial charge in [-0.15, -0.1) is 0 Å². The third-order valence-corrected chi connectivity index (χ3v) is 7.72. The number of anilines is 1. The maximum Gasteiger partial charge on any atom is 0.243 e. The quantitative estimate of drug-likeness (QED) is 0.773. The fourth-order valence-electron chi connectivity index (χ4n) is 4.20. The number of rotatable bonds is 4. The number of carbonyl (C=O) groups excluding carboxylic acids is 1. The third-order valence-electron chi connectivity index (χ3n) is 5.80.